The van der Waals surface area contributed by atoms with Gasteiger partial charge in [-0.2, -0.15) is 0 Å². The van der Waals surface area contributed by atoms with Crippen LogP contribution >= 0.6 is 0 Å². The highest BCUT2D eigenvalue weighted by molar-refractivity contribution is 5.94. The molecule has 3 heterocycles. The number of carbonyl (C=O) groups excluding carboxylic acids is 1. The molecule has 1 fully saturated rings. The first-order chi connectivity index (χ1) is 14.6. The van der Waals surface area contributed by atoms with Crippen LogP contribution in [0, 0.1) is 5.82 Å². The van der Waals surface area contributed by atoms with E-state index in [0.29, 0.717) is 6.54 Å². The monoisotopic (exact) mass is 405 g/mol. The standard InChI is InChI=1S/C24H24FN3O2/c1-30-20-10-6-18(7-11-20)14-28-23-16-26(13-17-4-8-19(25)9-5-17)15-22(23)27-12-2-3-21(27)24(28)29/h2-12,22-23H,13-16H2,1H3/t22-,23-/m1/s1. The van der Waals surface area contributed by atoms with Gasteiger partial charge in [0.1, 0.15) is 17.3 Å². The van der Waals surface area contributed by atoms with Gasteiger partial charge >= 0.3 is 0 Å². The Morgan fingerprint density at radius 3 is 2.33 bits per heavy atom. The number of carbonyl (C=O) groups is 1. The lowest BCUT2D eigenvalue weighted by atomic mass is 10.0. The maximum absolute atomic E-state index is 13.3. The molecular weight excluding hydrogens is 381 g/mol. The first kappa shape index (κ1) is 18.9. The lowest BCUT2D eigenvalue weighted by molar-refractivity contribution is 0.0556. The molecule has 30 heavy (non-hydrogen) atoms. The molecule has 2 aliphatic heterocycles. The van der Waals surface area contributed by atoms with Gasteiger partial charge in [-0.05, 0) is 47.5 Å². The minimum absolute atomic E-state index is 0.0701. The zero-order valence-corrected chi connectivity index (χ0v) is 16.9. The summed E-state index contributed by atoms with van der Waals surface area (Å²) in [7, 11) is 1.65. The van der Waals surface area contributed by atoms with Crippen molar-refractivity contribution in [2.24, 2.45) is 0 Å². The normalized spacial score (nSPS) is 20.9. The number of hydrogen-bond acceptors (Lipinski definition) is 3. The van der Waals surface area contributed by atoms with E-state index in [1.165, 1.54) is 12.1 Å². The van der Waals surface area contributed by atoms with E-state index in [0.717, 1.165) is 42.2 Å². The van der Waals surface area contributed by atoms with E-state index in [-0.39, 0.29) is 23.8 Å². The molecular formula is C24H24FN3O2. The van der Waals surface area contributed by atoms with Gasteiger partial charge in [-0.25, -0.2) is 4.39 Å². The average molecular weight is 405 g/mol. The molecule has 154 valence electrons. The predicted octanol–water partition coefficient (Wildman–Crippen LogP) is 3.72. The molecule has 2 aliphatic rings. The average Bonchev–Trinajstić information content (AvgIpc) is 3.40. The molecule has 1 amide bonds. The van der Waals surface area contributed by atoms with Crippen LogP contribution in [0.15, 0.2) is 66.9 Å². The Morgan fingerprint density at radius 2 is 1.60 bits per heavy atom. The number of methoxy groups -OCH3 is 1. The Labute approximate surface area is 175 Å². The Balaban J connectivity index is 1.40. The van der Waals surface area contributed by atoms with E-state index in [1.807, 2.05) is 59.6 Å². The second kappa shape index (κ2) is 7.61. The number of ether oxygens (including phenoxy) is 1. The van der Waals surface area contributed by atoms with Gasteiger partial charge in [0, 0.05) is 32.4 Å². The van der Waals surface area contributed by atoms with E-state index >= 15 is 0 Å². The number of halogens is 1. The Kier molecular flexibility index (Phi) is 4.79. The number of aromatic nitrogens is 1. The summed E-state index contributed by atoms with van der Waals surface area (Å²) in [5, 5.41) is 0. The van der Waals surface area contributed by atoms with Gasteiger partial charge in [0.2, 0.25) is 0 Å². The second-order valence-electron chi connectivity index (χ2n) is 8.04. The number of amides is 1. The van der Waals surface area contributed by atoms with Crippen molar-refractivity contribution in [3.05, 3.63) is 89.5 Å². The Morgan fingerprint density at radius 1 is 0.933 bits per heavy atom. The maximum Gasteiger partial charge on any atom is 0.271 e. The molecule has 6 heteroatoms. The van der Waals surface area contributed by atoms with E-state index < -0.39 is 0 Å². The first-order valence-corrected chi connectivity index (χ1v) is 10.2. The van der Waals surface area contributed by atoms with Crippen molar-refractivity contribution in [3.8, 4) is 5.75 Å². The van der Waals surface area contributed by atoms with E-state index in [1.54, 1.807) is 7.11 Å². The zero-order chi connectivity index (χ0) is 20.7. The maximum atomic E-state index is 13.3. The van der Waals surface area contributed by atoms with E-state index in [2.05, 4.69) is 9.47 Å². The molecule has 0 saturated carbocycles. The molecule has 1 saturated heterocycles. The fraction of sp³-hybridized carbons (Fsp3) is 0.292. The van der Waals surface area contributed by atoms with Crippen LogP contribution in [0.1, 0.15) is 27.7 Å². The van der Waals surface area contributed by atoms with Crippen LogP contribution in [-0.4, -0.2) is 46.5 Å². The topological polar surface area (TPSA) is 37.7 Å². The molecule has 2 aromatic carbocycles. The highest BCUT2D eigenvalue weighted by atomic mass is 19.1. The van der Waals surface area contributed by atoms with E-state index in [4.69, 9.17) is 4.74 Å². The Bertz CT molecular complexity index is 1050. The smallest absolute Gasteiger partial charge is 0.271 e. The van der Waals surface area contributed by atoms with Gasteiger partial charge in [0.25, 0.3) is 5.91 Å². The van der Waals surface area contributed by atoms with Gasteiger partial charge in [-0.1, -0.05) is 24.3 Å². The predicted molar refractivity (Wildman–Crippen MR) is 112 cm³/mol. The van der Waals surface area contributed by atoms with E-state index in [9.17, 15) is 9.18 Å². The van der Waals surface area contributed by atoms with Crippen molar-refractivity contribution in [1.82, 2.24) is 14.4 Å². The first-order valence-electron chi connectivity index (χ1n) is 10.2. The van der Waals surface area contributed by atoms with Crippen LogP contribution in [0.3, 0.4) is 0 Å². The third kappa shape index (κ3) is 3.37. The molecule has 0 aliphatic carbocycles. The number of fused-ring (bicyclic) bond motifs is 3. The number of rotatable bonds is 5. The molecule has 3 aromatic rings. The summed E-state index contributed by atoms with van der Waals surface area (Å²) in [5.41, 5.74) is 2.91. The zero-order valence-electron chi connectivity index (χ0n) is 16.9. The number of nitrogens with zero attached hydrogens (tertiary/aromatic N) is 3. The number of hydrogen-bond donors (Lipinski definition) is 0. The summed E-state index contributed by atoms with van der Waals surface area (Å²) >= 11 is 0. The van der Waals surface area contributed by atoms with Gasteiger partial charge in [-0.3, -0.25) is 9.69 Å². The van der Waals surface area contributed by atoms with Crippen molar-refractivity contribution < 1.29 is 13.9 Å². The molecule has 1 aromatic heterocycles. The summed E-state index contributed by atoms with van der Waals surface area (Å²) < 4.78 is 20.6. The summed E-state index contributed by atoms with van der Waals surface area (Å²) in [6.07, 6.45) is 2.01. The number of benzene rings is 2. The van der Waals surface area contributed by atoms with Crippen LogP contribution in [0.4, 0.5) is 4.39 Å². The summed E-state index contributed by atoms with van der Waals surface area (Å²) in [4.78, 5) is 17.6. The largest absolute Gasteiger partial charge is 0.497 e. The van der Waals surface area contributed by atoms with Crippen LogP contribution in [0.25, 0.3) is 0 Å². The lowest BCUT2D eigenvalue weighted by Gasteiger charge is -2.38. The fourth-order valence-corrected chi connectivity index (χ4v) is 4.68. The van der Waals surface area contributed by atoms with Crippen LogP contribution in [0.2, 0.25) is 0 Å². The van der Waals surface area contributed by atoms with Crippen LogP contribution < -0.4 is 4.74 Å². The molecule has 5 nitrogen and oxygen atoms in total. The van der Waals surface area contributed by atoms with Crippen molar-refractivity contribution >= 4 is 5.91 Å². The highest BCUT2D eigenvalue weighted by Crippen LogP contribution is 2.35. The summed E-state index contributed by atoms with van der Waals surface area (Å²) in [6.45, 7) is 2.96. The molecule has 0 N–H and O–H groups in total. The van der Waals surface area contributed by atoms with Crippen molar-refractivity contribution in [2.45, 2.75) is 25.2 Å². The SMILES string of the molecule is COc1ccc(CN2C(=O)c3cccn3[C@@H]3CN(Cc4ccc(F)cc4)C[C@H]32)cc1. The summed E-state index contributed by atoms with van der Waals surface area (Å²) in [6, 6.07) is 18.7. The molecule has 0 bridgehead atoms. The van der Waals surface area contributed by atoms with Gasteiger partial charge in [0.15, 0.2) is 0 Å². The van der Waals surface area contributed by atoms with Crippen molar-refractivity contribution in [2.75, 3.05) is 20.2 Å². The third-order valence-corrected chi connectivity index (χ3v) is 6.18. The quantitative estimate of drug-likeness (QED) is 0.649. The summed E-state index contributed by atoms with van der Waals surface area (Å²) in [5.74, 6) is 0.657. The molecule has 2 atom stereocenters. The second-order valence-corrected chi connectivity index (χ2v) is 8.04. The minimum Gasteiger partial charge on any atom is -0.497 e. The minimum atomic E-state index is -0.220. The van der Waals surface area contributed by atoms with Gasteiger partial charge in [0.05, 0.1) is 19.2 Å². The van der Waals surface area contributed by atoms with Crippen LogP contribution in [-0.2, 0) is 13.1 Å². The number of likely N-dealkylation sites (tertiary alicyclic amines) is 1. The van der Waals surface area contributed by atoms with Crippen molar-refractivity contribution in [1.29, 1.82) is 0 Å². The molecule has 0 unspecified atom stereocenters. The highest BCUT2D eigenvalue weighted by Gasteiger charge is 2.44. The Hall–Kier alpha value is -3.12. The molecule has 0 spiro atoms. The third-order valence-electron chi connectivity index (χ3n) is 6.18. The fourth-order valence-electron chi connectivity index (χ4n) is 4.68. The lowest BCUT2D eigenvalue weighted by Crippen LogP contribution is -2.49. The van der Waals surface area contributed by atoms with Crippen molar-refractivity contribution in [3.63, 3.8) is 0 Å². The molecule has 5 rings (SSSR count). The molecule has 0 radical (unpaired) electrons. The van der Waals surface area contributed by atoms with Gasteiger partial charge < -0.3 is 14.2 Å². The van der Waals surface area contributed by atoms with Gasteiger partial charge in [-0.15, -0.1) is 0 Å². The van der Waals surface area contributed by atoms with Crippen LogP contribution in [0.5, 0.6) is 5.75 Å².